The first-order valence-electron chi connectivity index (χ1n) is 26.9. The fourth-order valence-electron chi connectivity index (χ4n) is 8.76. The number of rotatable bonds is 15. The Hall–Kier alpha value is -8.28. The summed E-state index contributed by atoms with van der Waals surface area (Å²) in [5, 5.41) is 20.2. The summed E-state index contributed by atoms with van der Waals surface area (Å²) in [4.78, 5) is 33.6. The molecule has 18 heteroatoms. The van der Waals surface area contributed by atoms with E-state index in [0.29, 0.717) is 47.1 Å². The normalized spacial score (nSPS) is 15.1. The summed E-state index contributed by atoms with van der Waals surface area (Å²) in [6.45, 7) is 22.0. The molecule has 402 valence electrons. The molecule has 3 aromatic carbocycles. The molecule has 0 bridgehead atoms. The molecule has 0 amide bonds. The highest BCUT2D eigenvalue weighted by atomic mass is 16.5. The van der Waals surface area contributed by atoms with E-state index < -0.39 is 0 Å². The van der Waals surface area contributed by atoms with Gasteiger partial charge in [-0.2, -0.15) is 30.1 Å². The number of benzene rings is 3. The molecule has 3 saturated carbocycles. The van der Waals surface area contributed by atoms with Crippen LogP contribution in [0.25, 0.3) is 34.4 Å². The minimum Gasteiger partial charge on any atom is -0.484 e. The Labute approximate surface area is 454 Å². The Morgan fingerprint density at radius 2 is 0.872 bits per heavy atom. The van der Waals surface area contributed by atoms with E-state index in [4.69, 9.17) is 23.0 Å². The van der Waals surface area contributed by atoms with Gasteiger partial charge in [-0.15, -0.1) is 0 Å². The lowest BCUT2D eigenvalue weighted by Crippen LogP contribution is -2.24. The molecule has 9 aromatic rings. The standard InChI is InChI=1S/C21H25N5O.C20H22N4O2.C19H20N4O2/c1-12-13(2)22-15(4)23-20(12)26(5)14(3)16-6-10-18(11-7-16)21-24-19(25-27-21)17-8-9-17;1-11-12(2)21-14(4)22-19(11)25-13(3)15-5-9-17(10-6-15)20-23-18(24-26-20)16-7-8-16;1-11-12(2)22-20-10-17(11)24-13(3)14-4-8-16(9-5-14)19-21-18(23-25-19)15-6-7-15/h6-7,10-11,14,17H,8-9H2,1-5H3;5-6,9-10,13,16H,7-8H2,1-4H3;4-5,8-10,13,15H,6-7H2,1-3H3. The summed E-state index contributed by atoms with van der Waals surface area (Å²) < 4.78 is 28.3. The first-order valence-corrected chi connectivity index (χ1v) is 26.9. The molecular weight excluding hydrogens is 983 g/mol. The van der Waals surface area contributed by atoms with Crippen LogP contribution in [0.2, 0.25) is 0 Å². The first kappa shape index (κ1) is 53.1. The topological polar surface area (TPSA) is 216 Å². The largest absolute Gasteiger partial charge is 0.484 e. The Kier molecular flexibility index (Phi) is 15.5. The van der Waals surface area contributed by atoms with Crippen LogP contribution in [0.5, 0.6) is 11.6 Å². The van der Waals surface area contributed by atoms with E-state index in [-0.39, 0.29) is 18.2 Å². The molecule has 12 rings (SSSR count). The summed E-state index contributed by atoms with van der Waals surface area (Å²) in [6, 6.07) is 24.6. The number of aromatic nitrogens is 12. The number of anilines is 1. The van der Waals surface area contributed by atoms with Crippen LogP contribution in [0.3, 0.4) is 0 Å². The number of aryl methyl sites for hydroxylation is 5. The van der Waals surface area contributed by atoms with Crippen molar-refractivity contribution >= 4 is 5.82 Å². The third kappa shape index (κ3) is 12.4. The molecule has 6 heterocycles. The van der Waals surface area contributed by atoms with Crippen molar-refractivity contribution in [1.82, 2.24) is 60.6 Å². The third-order valence-corrected chi connectivity index (χ3v) is 14.8. The van der Waals surface area contributed by atoms with Crippen molar-refractivity contribution in [2.75, 3.05) is 11.9 Å². The SMILES string of the molecule is Cc1nc(C)c(C)c(N(C)C(C)c2ccc(-c3nc(C4CC4)no3)cc2)n1.Cc1nc(C)c(C)c(OC(C)c2ccc(-c3nc(C4CC4)no3)cc2)n1.Cc1nncc(OC(C)c2ccc(-c3nc(C4CC4)no3)cc2)c1C. The summed E-state index contributed by atoms with van der Waals surface area (Å²) in [5.74, 6) is 9.60. The van der Waals surface area contributed by atoms with Crippen LogP contribution in [0.1, 0.15) is 175 Å². The van der Waals surface area contributed by atoms with Crippen molar-refractivity contribution in [3.05, 3.63) is 159 Å². The van der Waals surface area contributed by atoms with Crippen LogP contribution in [-0.4, -0.2) is 67.6 Å². The third-order valence-electron chi connectivity index (χ3n) is 14.8. The van der Waals surface area contributed by atoms with Gasteiger partial charge in [0.1, 0.15) is 35.4 Å². The second-order valence-electron chi connectivity index (χ2n) is 20.9. The number of nitrogens with zero attached hydrogens (tertiary/aromatic N) is 13. The summed E-state index contributed by atoms with van der Waals surface area (Å²) in [7, 11) is 2.08. The number of hydrogen-bond donors (Lipinski definition) is 0. The lowest BCUT2D eigenvalue weighted by atomic mass is 10.0. The summed E-state index contributed by atoms with van der Waals surface area (Å²) in [5.41, 5.74) is 12.1. The molecule has 0 aliphatic heterocycles. The van der Waals surface area contributed by atoms with Gasteiger partial charge in [0.2, 0.25) is 5.88 Å². The van der Waals surface area contributed by atoms with Crippen LogP contribution in [0.4, 0.5) is 5.82 Å². The van der Waals surface area contributed by atoms with E-state index in [1.54, 1.807) is 6.20 Å². The van der Waals surface area contributed by atoms with Crippen molar-refractivity contribution < 1.29 is 23.0 Å². The molecule has 3 unspecified atom stereocenters. The molecular formula is C60H67N13O5. The molecule has 3 atom stereocenters. The highest BCUT2D eigenvalue weighted by Crippen LogP contribution is 2.41. The predicted molar refractivity (Wildman–Crippen MR) is 294 cm³/mol. The van der Waals surface area contributed by atoms with Crippen LogP contribution in [0.15, 0.2) is 92.6 Å². The zero-order valence-corrected chi connectivity index (χ0v) is 46.6. The lowest BCUT2D eigenvalue weighted by molar-refractivity contribution is 0.214. The number of hydrogen-bond acceptors (Lipinski definition) is 18. The molecule has 0 radical (unpaired) electrons. The first-order chi connectivity index (χ1) is 37.6. The van der Waals surface area contributed by atoms with Crippen molar-refractivity contribution in [2.24, 2.45) is 0 Å². The molecule has 3 aliphatic carbocycles. The van der Waals surface area contributed by atoms with E-state index in [2.05, 4.69) is 98.5 Å². The second kappa shape index (κ2) is 22.7. The zero-order valence-electron chi connectivity index (χ0n) is 46.6. The maximum absolute atomic E-state index is 6.08. The van der Waals surface area contributed by atoms with E-state index >= 15 is 0 Å². The number of ether oxygens (including phenoxy) is 2. The van der Waals surface area contributed by atoms with Gasteiger partial charge >= 0.3 is 0 Å². The van der Waals surface area contributed by atoms with E-state index in [9.17, 15) is 0 Å². The van der Waals surface area contributed by atoms with Gasteiger partial charge < -0.3 is 27.9 Å². The fraction of sp³-hybridized carbons (Fsp3) is 0.400. The summed E-state index contributed by atoms with van der Waals surface area (Å²) >= 11 is 0. The molecule has 78 heavy (non-hydrogen) atoms. The Morgan fingerprint density at radius 1 is 0.462 bits per heavy atom. The zero-order chi connectivity index (χ0) is 54.8. The fourth-order valence-corrected chi connectivity index (χ4v) is 8.76. The van der Waals surface area contributed by atoms with Gasteiger partial charge in [0.15, 0.2) is 17.5 Å². The molecule has 0 N–H and O–H groups in total. The minimum absolute atomic E-state index is 0.0962. The van der Waals surface area contributed by atoms with E-state index in [1.165, 1.54) is 18.4 Å². The molecule has 0 spiro atoms. The van der Waals surface area contributed by atoms with Gasteiger partial charge in [-0.05, 0) is 168 Å². The van der Waals surface area contributed by atoms with Gasteiger partial charge in [-0.1, -0.05) is 51.9 Å². The van der Waals surface area contributed by atoms with Gasteiger partial charge in [0.25, 0.3) is 17.7 Å². The van der Waals surface area contributed by atoms with Gasteiger partial charge in [0, 0.05) is 69.6 Å². The predicted octanol–water partition coefficient (Wildman–Crippen LogP) is 13.2. The van der Waals surface area contributed by atoms with Crippen molar-refractivity contribution in [3.63, 3.8) is 0 Å². The molecule has 3 aliphatic rings. The lowest BCUT2D eigenvalue weighted by Gasteiger charge is -2.28. The van der Waals surface area contributed by atoms with Gasteiger partial charge in [-0.3, -0.25) is 0 Å². The Morgan fingerprint density at radius 3 is 1.32 bits per heavy atom. The van der Waals surface area contributed by atoms with Crippen LogP contribution < -0.4 is 14.4 Å². The quantitative estimate of drug-likeness (QED) is 0.0932. The Balaban J connectivity index is 0.000000132. The smallest absolute Gasteiger partial charge is 0.257 e. The second-order valence-corrected chi connectivity index (χ2v) is 20.9. The summed E-state index contributed by atoms with van der Waals surface area (Å²) in [6.07, 6.45) is 8.42. The highest BCUT2D eigenvalue weighted by molar-refractivity contribution is 5.57. The van der Waals surface area contributed by atoms with E-state index in [0.717, 1.165) is 122 Å². The molecule has 18 nitrogen and oxygen atoms in total. The maximum Gasteiger partial charge on any atom is 0.257 e. The Bertz CT molecular complexity index is 3510. The van der Waals surface area contributed by atoms with Crippen molar-refractivity contribution in [3.8, 4) is 46.0 Å². The van der Waals surface area contributed by atoms with Crippen LogP contribution in [0, 0.1) is 55.4 Å². The monoisotopic (exact) mass is 1050 g/mol. The van der Waals surface area contributed by atoms with Gasteiger partial charge in [0.05, 0.1) is 17.9 Å². The maximum atomic E-state index is 6.08. The minimum atomic E-state index is -0.124. The van der Waals surface area contributed by atoms with Crippen LogP contribution in [-0.2, 0) is 0 Å². The average Bonchev–Trinajstić information content (AvgIpc) is 4.47. The highest BCUT2D eigenvalue weighted by Gasteiger charge is 2.31. The average molecular weight is 1050 g/mol. The molecule has 3 fully saturated rings. The van der Waals surface area contributed by atoms with Gasteiger partial charge in [-0.25, -0.2) is 15.0 Å². The van der Waals surface area contributed by atoms with Crippen molar-refractivity contribution in [1.29, 1.82) is 0 Å². The van der Waals surface area contributed by atoms with Crippen molar-refractivity contribution in [2.45, 2.75) is 151 Å². The van der Waals surface area contributed by atoms with Crippen LogP contribution >= 0.6 is 0 Å². The van der Waals surface area contributed by atoms with E-state index in [1.807, 2.05) is 123 Å². The molecule has 6 aromatic heterocycles. The molecule has 0 saturated heterocycles.